The van der Waals surface area contributed by atoms with Crippen molar-refractivity contribution in [2.24, 2.45) is 0 Å². The van der Waals surface area contributed by atoms with Gasteiger partial charge in [-0.15, -0.1) is 0 Å². The molecule has 0 aliphatic heterocycles. The SMILES string of the molecule is CC(=O)CC(=O)c1ccccc1.CC[O][In][O]CC. The van der Waals surface area contributed by atoms with E-state index < -0.39 is 23.8 Å². The van der Waals surface area contributed by atoms with Crippen molar-refractivity contribution in [3.8, 4) is 0 Å². The van der Waals surface area contributed by atoms with Crippen LogP contribution in [0.3, 0.4) is 0 Å². The van der Waals surface area contributed by atoms with Gasteiger partial charge >= 0.3 is 56.5 Å². The Morgan fingerprint density at radius 3 is 2.00 bits per heavy atom. The van der Waals surface area contributed by atoms with Crippen LogP contribution in [0.25, 0.3) is 0 Å². The van der Waals surface area contributed by atoms with Crippen molar-refractivity contribution < 1.29 is 15.3 Å². The number of benzene rings is 1. The van der Waals surface area contributed by atoms with E-state index in [-0.39, 0.29) is 18.0 Å². The first kappa shape index (κ1) is 18.4. The Bertz CT molecular complexity index is 361. The predicted molar refractivity (Wildman–Crippen MR) is 75.1 cm³/mol. The van der Waals surface area contributed by atoms with E-state index in [4.69, 9.17) is 5.71 Å². The van der Waals surface area contributed by atoms with Gasteiger partial charge in [-0.05, 0) is 6.92 Å². The summed E-state index contributed by atoms with van der Waals surface area (Å²) in [5.41, 5.74) is 0.604. The second-order valence-corrected chi connectivity index (χ2v) is 6.13. The number of hydrogen-bond donors (Lipinski definition) is 0. The second-order valence-electron chi connectivity index (χ2n) is 3.67. The molecule has 0 heterocycles. The number of hydrogen-bond acceptors (Lipinski definition) is 4. The van der Waals surface area contributed by atoms with E-state index in [1.807, 2.05) is 19.9 Å². The third kappa shape index (κ3) is 10.9. The van der Waals surface area contributed by atoms with Crippen molar-refractivity contribution in [1.82, 2.24) is 0 Å². The number of carbonyl (C=O) groups excluding carboxylic acids is 2. The van der Waals surface area contributed by atoms with Crippen molar-refractivity contribution in [1.29, 1.82) is 0 Å². The van der Waals surface area contributed by atoms with Gasteiger partial charge in [0.05, 0.1) is 6.42 Å². The zero-order valence-corrected chi connectivity index (χ0v) is 15.0. The predicted octanol–water partition coefficient (Wildman–Crippen LogP) is 2.44. The molecular weight excluding hydrogens is 347 g/mol. The fraction of sp³-hybridized carbons (Fsp3) is 0.429. The Kier molecular flexibility index (Phi) is 12.0. The average Bonchev–Trinajstić information content (AvgIpc) is 2.40. The summed E-state index contributed by atoms with van der Waals surface area (Å²) in [5.74, 6) is -0.202. The van der Waals surface area contributed by atoms with Crippen molar-refractivity contribution in [2.45, 2.75) is 27.2 Å². The van der Waals surface area contributed by atoms with Crippen LogP contribution in [-0.4, -0.2) is 48.6 Å². The average molecular weight is 367 g/mol. The molecular formula is C14H20InO4. The standard InChI is InChI=1S/C10H10O2.2C2H5O.In/c1-8(11)7-10(12)9-5-3-2-4-6-9;2*1-2-3;/h2-6H,7H2,1H3;2*2H2,1H3;/q;2*-1;+2. The number of Topliss-reactive ketones (excluding diaryl/α,β-unsaturated/α-hetero) is 2. The van der Waals surface area contributed by atoms with E-state index in [1.165, 1.54) is 6.92 Å². The molecule has 1 radical (unpaired) electrons. The molecule has 4 nitrogen and oxygen atoms in total. The third-order valence-electron chi connectivity index (χ3n) is 1.97. The second kappa shape index (κ2) is 12.4. The minimum atomic E-state index is -0.966. The summed E-state index contributed by atoms with van der Waals surface area (Å²) in [4.78, 5) is 21.8. The minimum absolute atomic E-state index is 0.00398. The van der Waals surface area contributed by atoms with E-state index in [0.29, 0.717) is 5.56 Å². The first-order valence-corrected chi connectivity index (χ1v) is 8.93. The molecule has 0 fully saturated rings. The van der Waals surface area contributed by atoms with Gasteiger partial charge in [0.1, 0.15) is 5.78 Å². The molecule has 0 N–H and O–H groups in total. The van der Waals surface area contributed by atoms with E-state index in [0.717, 1.165) is 13.2 Å². The van der Waals surface area contributed by atoms with Gasteiger partial charge in [0.2, 0.25) is 0 Å². The third-order valence-corrected chi connectivity index (χ3v) is 4.65. The van der Waals surface area contributed by atoms with E-state index in [9.17, 15) is 9.59 Å². The van der Waals surface area contributed by atoms with Crippen LogP contribution >= 0.6 is 0 Å². The summed E-state index contributed by atoms with van der Waals surface area (Å²) in [7, 11) is 0. The fourth-order valence-corrected chi connectivity index (χ4v) is 2.19. The van der Waals surface area contributed by atoms with Crippen LogP contribution in [0.4, 0.5) is 0 Å². The van der Waals surface area contributed by atoms with Gasteiger partial charge in [0, 0.05) is 5.56 Å². The molecule has 0 aliphatic rings. The van der Waals surface area contributed by atoms with Crippen LogP contribution in [0.1, 0.15) is 37.6 Å². The van der Waals surface area contributed by atoms with Crippen LogP contribution in [0.5, 0.6) is 0 Å². The Labute approximate surface area is 127 Å². The summed E-state index contributed by atoms with van der Waals surface area (Å²) in [6, 6.07) is 8.84. The van der Waals surface area contributed by atoms with Crippen LogP contribution in [0.2, 0.25) is 0 Å². The molecule has 0 aliphatic carbocycles. The molecule has 1 rings (SSSR count). The van der Waals surface area contributed by atoms with E-state index in [1.54, 1.807) is 24.3 Å². The maximum atomic E-state index is 11.2. The molecule has 0 amide bonds. The molecule has 0 bridgehead atoms. The van der Waals surface area contributed by atoms with Crippen molar-refractivity contribution in [3.05, 3.63) is 35.9 Å². The van der Waals surface area contributed by atoms with Gasteiger partial charge < -0.3 is 0 Å². The Hall–Kier alpha value is -0.650. The van der Waals surface area contributed by atoms with Crippen molar-refractivity contribution in [3.63, 3.8) is 0 Å². The molecule has 103 valence electrons. The van der Waals surface area contributed by atoms with Crippen LogP contribution in [0.15, 0.2) is 30.3 Å². The van der Waals surface area contributed by atoms with Crippen molar-refractivity contribution >= 4 is 35.3 Å². The van der Waals surface area contributed by atoms with Gasteiger partial charge in [-0.25, -0.2) is 0 Å². The fourth-order valence-electron chi connectivity index (χ4n) is 1.14. The molecule has 19 heavy (non-hydrogen) atoms. The summed E-state index contributed by atoms with van der Waals surface area (Å²) in [6.07, 6.45) is 0.00398. The van der Waals surface area contributed by atoms with E-state index in [2.05, 4.69) is 0 Å². The molecule has 0 atom stereocenters. The van der Waals surface area contributed by atoms with Crippen LogP contribution in [-0.2, 0) is 10.5 Å². The van der Waals surface area contributed by atoms with E-state index >= 15 is 0 Å². The zero-order valence-electron chi connectivity index (χ0n) is 11.7. The number of carbonyl (C=O) groups is 2. The maximum absolute atomic E-state index is 11.2. The van der Waals surface area contributed by atoms with Gasteiger partial charge in [-0.1, -0.05) is 30.3 Å². The molecule has 0 aromatic heterocycles. The quantitative estimate of drug-likeness (QED) is 0.422. The Morgan fingerprint density at radius 1 is 1.05 bits per heavy atom. The van der Waals surface area contributed by atoms with Gasteiger partial charge in [0.15, 0.2) is 5.78 Å². The van der Waals surface area contributed by atoms with Crippen molar-refractivity contribution in [2.75, 3.05) is 13.2 Å². The van der Waals surface area contributed by atoms with Crippen LogP contribution < -0.4 is 0 Å². The Balaban J connectivity index is 0.000000399. The first-order chi connectivity index (χ1) is 9.11. The molecule has 1 aromatic rings. The summed E-state index contributed by atoms with van der Waals surface area (Å²) in [6.45, 7) is 7.04. The zero-order chi connectivity index (χ0) is 14.5. The molecule has 0 unspecified atom stereocenters. The summed E-state index contributed by atoms with van der Waals surface area (Å²) < 4.78 is 10.1. The Morgan fingerprint density at radius 2 is 1.58 bits per heavy atom. The first-order valence-electron chi connectivity index (χ1n) is 6.24. The summed E-state index contributed by atoms with van der Waals surface area (Å²) >= 11 is -0.966. The molecule has 0 saturated carbocycles. The molecule has 0 saturated heterocycles. The number of rotatable bonds is 7. The van der Waals surface area contributed by atoms with Gasteiger partial charge in [-0.2, -0.15) is 0 Å². The topological polar surface area (TPSA) is 52.6 Å². The molecule has 5 heteroatoms. The molecule has 1 aromatic carbocycles. The van der Waals surface area contributed by atoms with Gasteiger partial charge in [0.25, 0.3) is 0 Å². The van der Waals surface area contributed by atoms with Gasteiger partial charge in [-0.3, -0.25) is 9.59 Å². The monoisotopic (exact) mass is 367 g/mol. The molecule has 0 spiro atoms. The number of ketones is 2. The van der Waals surface area contributed by atoms with Crippen LogP contribution in [0, 0.1) is 0 Å². The normalized spacial score (nSPS) is 9.21. The summed E-state index contributed by atoms with van der Waals surface area (Å²) in [5, 5.41) is 0.